The number of hydrogen-bond donors (Lipinski definition) is 0. The highest BCUT2D eigenvalue weighted by atomic mass is 35.5. The molecule has 18 heavy (non-hydrogen) atoms. The van der Waals surface area contributed by atoms with Crippen molar-refractivity contribution >= 4 is 22.8 Å². The smallest absolute Gasteiger partial charge is 0.158 e. The van der Waals surface area contributed by atoms with Crippen LogP contribution >= 0.6 is 11.6 Å². The molecule has 0 N–H and O–H groups in total. The highest BCUT2D eigenvalue weighted by Gasteiger charge is 2.27. The molecule has 100 valence electrons. The van der Waals surface area contributed by atoms with Gasteiger partial charge in [-0.05, 0) is 19.3 Å². The predicted octanol–water partition coefficient (Wildman–Crippen LogP) is 3.42. The van der Waals surface area contributed by atoms with Crippen LogP contribution in [0.2, 0.25) is 0 Å². The third-order valence-corrected chi connectivity index (χ3v) is 3.91. The van der Waals surface area contributed by atoms with Gasteiger partial charge in [0, 0.05) is 13.1 Å². The average Bonchev–Trinajstić information content (AvgIpc) is 2.76. The number of rotatable bonds is 2. The van der Waals surface area contributed by atoms with Gasteiger partial charge >= 0.3 is 0 Å². The van der Waals surface area contributed by atoms with Crippen LogP contribution in [0.3, 0.4) is 0 Å². The molecular weight excluding hydrogens is 248 g/mol. The van der Waals surface area contributed by atoms with Crippen molar-refractivity contribution in [1.29, 1.82) is 0 Å². The Morgan fingerprint density at radius 2 is 1.94 bits per heavy atom. The van der Waals surface area contributed by atoms with Crippen molar-refractivity contribution in [3.05, 3.63) is 11.5 Å². The van der Waals surface area contributed by atoms with Crippen molar-refractivity contribution in [1.82, 2.24) is 19.3 Å². The van der Waals surface area contributed by atoms with E-state index < -0.39 is 0 Å². The number of halogens is 1. The third-order valence-electron chi connectivity index (χ3n) is 3.67. The van der Waals surface area contributed by atoms with Crippen molar-refractivity contribution in [2.45, 2.75) is 46.5 Å². The first-order chi connectivity index (χ1) is 8.27. The van der Waals surface area contributed by atoms with E-state index in [-0.39, 0.29) is 5.41 Å². The first-order valence-electron chi connectivity index (χ1n) is 6.23. The second-order valence-corrected chi connectivity index (χ2v) is 6.22. The molecule has 1 atom stereocenters. The first kappa shape index (κ1) is 13.4. The van der Waals surface area contributed by atoms with Crippen LogP contribution in [-0.2, 0) is 12.9 Å². The Balaban J connectivity index is 2.74. The van der Waals surface area contributed by atoms with Crippen molar-refractivity contribution in [3.63, 3.8) is 0 Å². The summed E-state index contributed by atoms with van der Waals surface area (Å²) >= 11 is 6.05. The van der Waals surface area contributed by atoms with Gasteiger partial charge in [-0.15, -0.1) is 11.6 Å². The quantitative estimate of drug-likeness (QED) is 0.783. The maximum absolute atomic E-state index is 6.05. The van der Waals surface area contributed by atoms with Gasteiger partial charge in [0.2, 0.25) is 0 Å². The number of aromatic nitrogens is 4. The van der Waals surface area contributed by atoms with Gasteiger partial charge in [-0.25, -0.2) is 4.98 Å². The normalized spacial score (nSPS) is 14.4. The fraction of sp³-hybridized carbons (Fsp3) is 0.692. The molecule has 1 unspecified atom stereocenters. The largest absolute Gasteiger partial charge is 0.309 e. The summed E-state index contributed by atoms with van der Waals surface area (Å²) in [5.41, 5.74) is 3.13. The van der Waals surface area contributed by atoms with E-state index in [1.807, 2.05) is 18.7 Å². The van der Waals surface area contributed by atoms with Crippen LogP contribution in [0.15, 0.2) is 0 Å². The second-order valence-electron chi connectivity index (χ2n) is 5.95. The lowest BCUT2D eigenvalue weighted by molar-refractivity contribution is 0.261. The van der Waals surface area contributed by atoms with Gasteiger partial charge < -0.3 is 4.57 Å². The van der Waals surface area contributed by atoms with E-state index in [0.29, 0.717) is 11.9 Å². The Bertz CT molecular complexity index is 574. The number of hydrogen-bond acceptors (Lipinski definition) is 2. The average molecular weight is 269 g/mol. The van der Waals surface area contributed by atoms with E-state index in [0.717, 1.165) is 22.7 Å². The molecule has 4 nitrogen and oxygen atoms in total. The van der Waals surface area contributed by atoms with E-state index in [4.69, 9.17) is 11.6 Å². The molecule has 2 heterocycles. The summed E-state index contributed by atoms with van der Waals surface area (Å²) in [7, 11) is 1.96. The maximum Gasteiger partial charge on any atom is 0.158 e. The monoisotopic (exact) mass is 268 g/mol. The van der Waals surface area contributed by atoms with Crippen LogP contribution in [0.5, 0.6) is 0 Å². The van der Waals surface area contributed by atoms with E-state index in [9.17, 15) is 0 Å². The minimum atomic E-state index is 0.145. The van der Waals surface area contributed by atoms with Crippen LogP contribution in [0, 0.1) is 12.3 Å². The molecule has 2 aromatic heterocycles. The van der Waals surface area contributed by atoms with Gasteiger partial charge in [-0.1, -0.05) is 20.8 Å². The predicted molar refractivity (Wildman–Crippen MR) is 75.0 cm³/mol. The topological polar surface area (TPSA) is 35.6 Å². The van der Waals surface area contributed by atoms with Crippen LogP contribution < -0.4 is 0 Å². The van der Waals surface area contributed by atoms with Crippen LogP contribution in [0.25, 0.3) is 11.2 Å². The van der Waals surface area contributed by atoms with Gasteiger partial charge in [0.05, 0.1) is 11.6 Å². The van der Waals surface area contributed by atoms with Gasteiger partial charge in [0.1, 0.15) is 11.3 Å². The Hall–Kier alpha value is -1.03. The van der Waals surface area contributed by atoms with Crippen molar-refractivity contribution in [2.75, 3.05) is 0 Å². The van der Waals surface area contributed by atoms with Crippen LogP contribution in [-0.4, -0.2) is 19.3 Å². The number of fused-ring (bicyclic) bond motifs is 1. The molecule has 0 amide bonds. The minimum Gasteiger partial charge on any atom is -0.309 e. The summed E-state index contributed by atoms with van der Waals surface area (Å²) < 4.78 is 4.12. The van der Waals surface area contributed by atoms with Gasteiger partial charge in [-0.2, -0.15) is 5.10 Å². The number of nitrogens with zero attached hydrogens (tertiary/aromatic N) is 4. The van der Waals surface area contributed by atoms with Crippen molar-refractivity contribution in [2.24, 2.45) is 12.5 Å². The molecule has 0 fully saturated rings. The Morgan fingerprint density at radius 3 is 2.44 bits per heavy atom. The molecule has 0 bridgehead atoms. The summed E-state index contributed by atoms with van der Waals surface area (Å²) in [6.45, 7) is 10.9. The summed E-state index contributed by atoms with van der Waals surface area (Å²) in [4.78, 5) is 4.63. The molecule has 2 rings (SSSR count). The number of alkyl halides is 1. The number of imidazole rings is 1. The molecular formula is C13H21ClN4. The molecule has 0 aliphatic carbocycles. The fourth-order valence-corrected chi connectivity index (χ4v) is 2.42. The van der Waals surface area contributed by atoms with E-state index in [1.54, 1.807) is 0 Å². The summed E-state index contributed by atoms with van der Waals surface area (Å²) in [6.07, 6.45) is 0. The molecule has 0 saturated heterocycles. The molecule has 0 aliphatic rings. The standard InChI is InChI=1S/C13H21ClN4/c1-8-11-12(17(6)16-8)18(10(7-14)15-11)9(2)13(3,4)5/h9H,7H2,1-6H3. The summed E-state index contributed by atoms with van der Waals surface area (Å²) in [5.74, 6) is 1.35. The zero-order valence-corrected chi connectivity index (χ0v) is 12.7. The van der Waals surface area contributed by atoms with Gasteiger partial charge in [0.25, 0.3) is 0 Å². The molecule has 2 aromatic rings. The first-order valence-corrected chi connectivity index (χ1v) is 6.77. The van der Waals surface area contributed by atoms with E-state index in [2.05, 4.69) is 42.3 Å². The Labute approximate surface area is 113 Å². The van der Waals surface area contributed by atoms with Crippen molar-refractivity contribution in [3.8, 4) is 0 Å². The summed E-state index contributed by atoms with van der Waals surface area (Å²) in [6, 6.07) is 0.311. The van der Waals surface area contributed by atoms with Gasteiger partial charge in [0.15, 0.2) is 5.65 Å². The van der Waals surface area contributed by atoms with Gasteiger partial charge in [-0.3, -0.25) is 4.68 Å². The second kappa shape index (κ2) is 4.26. The maximum atomic E-state index is 6.05. The van der Waals surface area contributed by atoms with E-state index in [1.165, 1.54) is 0 Å². The lowest BCUT2D eigenvalue weighted by Gasteiger charge is -2.30. The Morgan fingerprint density at radius 1 is 1.33 bits per heavy atom. The van der Waals surface area contributed by atoms with Crippen molar-refractivity contribution < 1.29 is 0 Å². The molecule has 0 aliphatic heterocycles. The van der Waals surface area contributed by atoms with E-state index >= 15 is 0 Å². The Kier molecular flexibility index (Phi) is 3.18. The summed E-state index contributed by atoms with van der Waals surface area (Å²) in [5, 5.41) is 4.44. The lowest BCUT2D eigenvalue weighted by Crippen LogP contribution is -2.23. The highest BCUT2D eigenvalue weighted by molar-refractivity contribution is 6.16. The molecule has 0 aromatic carbocycles. The number of aryl methyl sites for hydroxylation is 2. The minimum absolute atomic E-state index is 0.145. The SMILES string of the molecule is Cc1nn(C)c2c1nc(CCl)n2C(C)C(C)(C)C. The molecule has 0 radical (unpaired) electrons. The fourth-order valence-electron chi connectivity index (χ4n) is 2.23. The lowest BCUT2D eigenvalue weighted by atomic mass is 9.88. The zero-order chi connectivity index (χ0) is 13.7. The zero-order valence-electron chi connectivity index (χ0n) is 12.0. The molecule has 0 saturated carbocycles. The molecule has 0 spiro atoms. The molecule has 5 heteroatoms. The van der Waals surface area contributed by atoms with Crippen LogP contribution in [0.4, 0.5) is 0 Å². The van der Waals surface area contributed by atoms with Crippen LogP contribution in [0.1, 0.15) is 45.3 Å². The third kappa shape index (κ3) is 1.92. The highest BCUT2D eigenvalue weighted by Crippen LogP contribution is 2.34.